The van der Waals surface area contributed by atoms with Crippen molar-refractivity contribution in [3.8, 4) is 0 Å². The Morgan fingerprint density at radius 1 is 1.11 bits per heavy atom. The zero-order chi connectivity index (χ0) is 13.2. The van der Waals surface area contributed by atoms with Crippen LogP contribution in [0.25, 0.3) is 10.9 Å². The van der Waals surface area contributed by atoms with E-state index in [4.69, 9.17) is 5.73 Å². The van der Waals surface area contributed by atoms with Gasteiger partial charge in [0, 0.05) is 23.5 Å². The topological polar surface area (TPSA) is 63.8 Å². The van der Waals surface area contributed by atoms with E-state index in [1.54, 1.807) is 18.6 Å². The van der Waals surface area contributed by atoms with E-state index in [1.165, 1.54) is 0 Å². The fraction of sp³-hybridized carbons (Fsp3) is 0. The molecule has 3 aromatic rings. The molecule has 2 aromatic heterocycles. The highest BCUT2D eigenvalue weighted by Crippen LogP contribution is 2.32. The van der Waals surface area contributed by atoms with Gasteiger partial charge >= 0.3 is 0 Å². The molecule has 0 saturated heterocycles. The molecule has 0 bridgehead atoms. The predicted molar refractivity (Wildman–Crippen MR) is 81.4 cm³/mol. The van der Waals surface area contributed by atoms with Crippen LogP contribution >= 0.6 is 15.9 Å². The summed E-state index contributed by atoms with van der Waals surface area (Å²) >= 11 is 3.45. The van der Waals surface area contributed by atoms with E-state index in [0.29, 0.717) is 5.69 Å². The third-order valence-electron chi connectivity index (χ3n) is 2.83. The van der Waals surface area contributed by atoms with E-state index < -0.39 is 0 Å². The molecule has 19 heavy (non-hydrogen) atoms. The number of aromatic nitrogens is 2. The number of anilines is 3. The summed E-state index contributed by atoms with van der Waals surface area (Å²) < 4.78 is 0.827. The molecule has 94 valence electrons. The zero-order valence-electron chi connectivity index (χ0n) is 9.97. The molecule has 0 aliphatic carbocycles. The van der Waals surface area contributed by atoms with Crippen LogP contribution in [0.1, 0.15) is 0 Å². The molecule has 3 N–H and O–H groups in total. The highest BCUT2D eigenvalue weighted by molar-refractivity contribution is 9.10. The minimum absolute atomic E-state index is 0.593. The lowest BCUT2D eigenvalue weighted by atomic mass is 10.1. The van der Waals surface area contributed by atoms with Gasteiger partial charge in [-0.25, -0.2) is 0 Å². The maximum atomic E-state index is 5.94. The van der Waals surface area contributed by atoms with Crippen LogP contribution in [0, 0.1) is 0 Å². The average Bonchev–Trinajstić information content (AvgIpc) is 2.43. The molecule has 0 radical (unpaired) electrons. The van der Waals surface area contributed by atoms with Gasteiger partial charge in [-0.1, -0.05) is 6.07 Å². The SMILES string of the molecule is Nc1cncc(Br)c1Nc1cccc2ncccc12. The fourth-order valence-corrected chi connectivity index (χ4v) is 2.38. The number of nitrogen functional groups attached to an aromatic ring is 1. The molecular formula is C14H11BrN4. The maximum Gasteiger partial charge on any atom is 0.0794 e. The van der Waals surface area contributed by atoms with Crippen molar-refractivity contribution in [3.63, 3.8) is 0 Å². The summed E-state index contributed by atoms with van der Waals surface area (Å²) in [6, 6.07) is 9.87. The zero-order valence-corrected chi connectivity index (χ0v) is 11.6. The molecule has 0 spiro atoms. The average molecular weight is 315 g/mol. The van der Waals surface area contributed by atoms with Gasteiger partial charge in [0.25, 0.3) is 0 Å². The van der Waals surface area contributed by atoms with Gasteiger partial charge in [-0.15, -0.1) is 0 Å². The number of halogens is 1. The van der Waals surface area contributed by atoms with E-state index in [9.17, 15) is 0 Å². The number of hydrogen-bond donors (Lipinski definition) is 2. The number of pyridine rings is 2. The van der Waals surface area contributed by atoms with Gasteiger partial charge in [-0.3, -0.25) is 9.97 Å². The summed E-state index contributed by atoms with van der Waals surface area (Å²) in [5, 5.41) is 4.38. The van der Waals surface area contributed by atoms with E-state index in [0.717, 1.165) is 26.8 Å². The van der Waals surface area contributed by atoms with Crippen LogP contribution in [0.2, 0.25) is 0 Å². The summed E-state index contributed by atoms with van der Waals surface area (Å²) in [6.45, 7) is 0. The molecule has 0 amide bonds. The number of benzene rings is 1. The van der Waals surface area contributed by atoms with E-state index in [1.807, 2.05) is 30.3 Å². The van der Waals surface area contributed by atoms with E-state index in [2.05, 4.69) is 31.2 Å². The van der Waals surface area contributed by atoms with Crippen LogP contribution in [0.15, 0.2) is 53.4 Å². The first kappa shape index (κ1) is 11.9. The molecular weight excluding hydrogens is 304 g/mol. The fourth-order valence-electron chi connectivity index (χ4n) is 1.93. The van der Waals surface area contributed by atoms with Crippen LogP contribution < -0.4 is 11.1 Å². The summed E-state index contributed by atoms with van der Waals surface area (Å²) in [5.41, 5.74) is 9.25. The maximum absolute atomic E-state index is 5.94. The van der Waals surface area contributed by atoms with Crippen LogP contribution in [-0.2, 0) is 0 Å². The first-order valence-electron chi connectivity index (χ1n) is 5.75. The number of nitrogens with two attached hydrogens (primary N) is 1. The second kappa shape index (κ2) is 4.85. The summed E-state index contributed by atoms with van der Waals surface area (Å²) in [6.07, 6.45) is 5.11. The van der Waals surface area contributed by atoms with Crippen molar-refractivity contribution in [3.05, 3.63) is 53.4 Å². The molecule has 4 nitrogen and oxygen atoms in total. The standard InChI is InChI=1S/C14H11BrN4/c15-10-7-17-8-11(16)14(10)19-13-5-1-4-12-9(13)3-2-6-18-12/h1-8H,16H2,(H,17,19). The van der Waals surface area contributed by atoms with Crippen LogP contribution in [0.3, 0.4) is 0 Å². The summed E-state index contributed by atoms with van der Waals surface area (Å²) in [7, 11) is 0. The molecule has 0 saturated carbocycles. The number of nitrogens with one attached hydrogen (secondary N) is 1. The molecule has 1 aromatic carbocycles. The molecule has 2 heterocycles. The van der Waals surface area contributed by atoms with Crippen LogP contribution in [0.4, 0.5) is 17.1 Å². The molecule has 0 aliphatic rings. The first-order chi connectivity index (χ1) is 9.25. The highest BCUT2D eigenvalue weighted by Gasteiger charge is 2.07. The smallest absolute Gasteiger partial charge is 0.0794 e. The quantitative estimate of drug-likeness (QED) is 0.756. The Morgan fingerprint density at radius 2 is 2.00 bits per heavy atom. The molecule has 0 aliphatic heterocycles. The largest absolute Gasteiger partial charge is 0.396 e. The van der Waals surface area contributed by atoms with Gasteiger partial charge in [0.1, 0.15) is 0 Å². The number of rotatable bonds is 2. The molecule has 0 unspecified atom stereocenters. The minimum Gasteiger partial charge on any atom is -0.396 e. The lowest BCUT2D eigenvalue weighted by Gasteiger charge is -2.12. The third kappa shape index (κ3) is 2.24. The van der Waals surface area contributed by atoms with Gasteiger partial charge in [-0.2, -0.15) is 0 Å². The van der Waals surface area contributed by atoms with E-state index >= 15 is 0 Å². The molecule has 0 fully saturated rings. The Morgan fingerprint density at radius 3 is 2.84 bits per heavy atom. The second-order valence-corrected chi connectivity index (χ2v) is 4.94. The molecule has 0 atom stereocenters. The summed E-state index contributed by atoms with van der Waals surface area (Å²) in [4.78, 5) is 8.36. The Labute approximate surface area is 118 Å². The van der Waals surface area contributed by atoms with Crippen molar-refractivity contribution < 1.29 is 0 Å². The van der Waals surface area contributed by atoms with Crippen molar-refractivity contribution in [1.82, 2.24) is 9.97 Å². The normalized spacial score (nSPS) is 10.6. The lowest BCUT2D eigenvalue weighted by Crippen LogP contribution is -1.99. The lowest BCUT2D eigenvalue weighted by molar-refractivity contribution is 1.31. The van der Waals surface area contributed by atoms with Crippen molar-refractivity contribution in [1.29, 1.82) is 0 Å². The van der Waals surface area contributed by atoms with Crippen LogP contribution in [-0.4, -0.2) is 9.97 Å². The second-order valence-electron chi connectivity index (χ2n) is 4.09. The number of hydrogen-bond acceptors (Lipinski definition) is 4. The monoisotopic (exact) mass is 314 g/mol. The van der Waals surface area contributed by atoms with Gasteiger partial charge in [0.15, 0.2) is 0 Å². The molecule has 5 heteroatoms. The van der Waals surface area contributed by atoms with E-state index in [-0.39, 0.29) is 0 Å². The number of nitrogens with zero attached hydrogens (tertiary/aromatic N) is 2. The Balaban J connectivity index is 2.11. The number of fused-ring (bicyclic) bond motifs is 1. The van der Waals surface area contributed by atoms with Crippen molar-refractivity contribution in [2.75, 3.05) is 11.1 Å². The third-order valence-corrected chi connectivity index (χ3v) is 3.44. The summed E-state index contributed by atoms with van der Waals surface area (Å²) in [5.74, 6) is 0. The van der Waals surface area contributed by atoms with Crippen LogP contribution in [0.5, 0.6) is 0 Å². The molecule has 3 rings (SSSR count). The van der Waals surface area contributed by atoms with Gasteiger partial charge in [0.2, 0.25) is 0 Å². The Kier molecular flexibility index (Phi) is 3.05. The van der Waals surface area contributed by atoms with Crippen molar-refractivity contribution in [2.24, 2.45) is 0 Å². The van der Waals surface area contributed by atoms with Crippen molar-refractivity contribution >= 4 is 43.9 Å². The Bertz CT molecular complexity index is 717. The van der Waals surface area contributed by atoms with Gasteiger partial charge < -0.3 is 11.1 Å². The first-order valence-corrected chi connectivity index (χ1v) is 6.55. The highest BCUT2D eigenvalue weighted by atomic mass is 79.9. The predicted octanol–water partition coefficient (Wildman–Crippen LogP) is 3.72. The van der Waals surface area contributed by atoms with Crippen molar-refractivity contribution in [2.45, 2.75) is 0 Å². The Hall–Kier alpha value is -2.14. The minimum atomic E-state index is 0.593. The van der Waals surface area contributed by atoms with Gasteiger partial charge in [-0.05, 0) is 40.2 Å². The van der Waals surface area contributed by atoms with Gasteiger partial charge in [0.05, 0.1) is 27.6 Å².